The molecule has 0 saturated carbocycles. The summed E-state index contributed by atoms with van der Waals surface area (Å²) in [5, 5.41) is 0.686. The minimum atomic E-state index is 0.0469. The van der Waals surface area contributed by atoms with E-state index in [0.717, 1.165) is 22.6 Å². The van der Waals surface area contributed by atoms with Crippen LogP contribution in [0.3, 0.4) is 0 Å². The van der Waals surface area contributed by atoms with E-state index >= 15 is 0 Å². The summed E-state index contributed by atoms with van der Waals surface area (Å²) in [6.45, 7) is 2.52. The molecule has 0 bridgehead atoms. The van der Waals surface area contributed by atoms with Gasteiger partial charge in [-0.25, -0.2) is 0 Å². The molecule has 0 fully saturated rings. The van der Waals surface area contributed by atoms with Crippen LogP contribution in [0.5, 0.6) is 11.5 Å². The van der Waals surface area contributed by atoms with Gasteiger partial charge in [-0.15, -0.1) is 0 Å². The van der Waals surface area contributed by atoms with Gasteiger partial charge < -0.3 is 15.2 Å². The maximum atomic E-state index is 6.06. The average Bonchev–Trinajstić information content (AvgIpc) is 2.42. The Hall–Kier alpha value is -1.55. The highest BCUT2D eigenvalue weighted by Crippen LogP contribution is 2.29. The monoisotopic (exact) mass is 305 g/mol. The highest BCUT2D eigenvalue weighted by Gasteiger charge is 2.09. The average molecular weight is 306 g/mol. The Bertz CT molecular complexity index is 599. The Morgan fingerprint density at radius 2 is 2.00 bits per heavy atom. The van der Waals surface area contributed by atoms with Crippen molar-refractivity contribution in [2.24, 2.45) is 5.73 Å². The number of ether oxygens (including phenoxy) is 2. The molecule has 1 atom stereocenters. The lowest BCUT2D eigenvalue weighted by Crippen LogP contribution is -2.18. The van der Waals surface area contributed by atoms with Crippen LogP contribution in [0.15, 0.2) is 42.5 Å². The molecule has 4 heteroatoms. The van der Waals surface area contributed by atoms with Gasteiger partial charge in [0.05, 0.1) is 6.61 Å². The molecule has 0 aliphatic heterocycles. The first-order chi connectivity index (χ1) is 10.1. The second-order valence-electron chi connectivity index (χ2n) is 5.12. The molecule has 0 amide bonds. The molecule has 3 nitrogen and oxygen atoms in total. The van der Waals surface area contributed by atoms with Gasteiger partial charge >= 0.3 is 0 Å². The van der Waals surface area contributed by atoms with Gasteiger partial charge in [-0.3, -0.25) is 0 Å². The van der Waals surface area contributed by atoms with Crippen LogP contribution in [0.1, 0.15) is 18.1 Å². The quantitative estimate of drug-likeness (QED) is 0.871. The maximum Gasteiger partial charge on any atom is 0.130 e. The minimum Gasteiger partial charge on any atom is -0.457 e. The molecule has 2 aromatic rings. The van der Waals surface area contributed by atoms with Gasteiger partial charge in [-0.1, -0.05) is 23.7 Å². The lowest BCUT2D eigenvalue weighted by atomic mass is 10.1. The standard InChI is InChI=1S/C17H20ClNO2/c1-12(19)8-14-10-15(18)6-7-17(14)21-16-5-3-4-13(9-16)11-20-2/h3-7,9-10,12H,8,11,19H2,1-2H3. The molecule has 21 heavy (non-hydrogen) atoms. The van der Waals surface area contributed by atoms with E-state index in [4.69, 9.17) is 26.8 Å². The minimum absolute atomic E-state index is 0.0469. The van der Waals surface area contributed by atoms with Gasteiger partial charge in [0.2, 0.25) is 0 Å². The second kappa shape index (κ2) is 7.46. The Morgan fingerprint density at radius 3 is 2.71 bits per heavy atom. The number of hydrogen-bond donors (Lipinski definition) is 1. The Morgan fingerprint density at radius 1 is 1.19 bits per heavy atom. The van der Waals surface area contributed by atoms with Gasteiger partial charge in [0.15, 0.2) is 0 Å². The highest BCUT2D eigenvalue weighted by atomic mass is 35.5. The molecule has 0 aliphatic carbocycles. The van der Waals surface area contributed by atoms with Crippen LogP contribution in [0.4, 0.5) is 0 Å². The first-order valence-corrected chi connectivity index (χ1v) is 7.26. The van der Waals surface area contributed by atoms with E-state index in [9.17, 15) is 0 Å². The molecule has 0 saturated heterocycles. The number of nitrogens with two attached hydrogens (primary N) is 1. The third-order valence-electron chi connectivity index (χ3n) is 3.00. The number of rotatable bonds is 6. The van der Waals surface area contributed by atoms with E-state index in [2.05, 4.69) is 0 Å². The predicted octanol–water partition coefficient (Wildman–Crippen LogP) is 4.17. The molecule has 0 spiro atoms. The van der Waals surface area contributed by atoms with Crippen molar-refractivity contribution in [1.29, 1.82) is 0 Å². The normalized spacial score (nSPS) is 12.2. The van der Waals surface area contributed by atoms with Crippen LogP contribution in [0.25, 0.3) is 0 Å². The van der Waals surface area contributed by atoms with Crippen LogP contribution in [-0.4, -0.2) is 13.2 Å². The van der Waals surface area contributed by atoms with E-state index in [1.807, 2.05) is 49.4 Å². The van der Waals surface area contributed by atoms with Crippen molar-refractivity contribution in [2.45, 2.75) is 26.0 Å². The van der Waals surface area contributed by atoms with Gasteiger partial charge in [-0.05, 0) is 54.8 Å². The summed E-state index contributed by atoms with van der Waals surface area (Å²) in [7, 11) is 1.67. The Balaban J connectivity index is 2.24. The first kappa shape index (κ1) is 15.8. The number of halogens is 1. The van der Waals surface area contributed by atoms with Crippen molar-refractivity contribution >= 4 is 11.6 Å². The van der Waals surface area contributed by atoms with Crippen molar-refractivity contribution < 1.29 is 9.47 Å². The summed E-state index contributed by atoms with van der Waals surface area (Å²) < 4.78 is 11.1. The topological polar surface area (TPSA) is 44.5 Å². The molecule has 0 aromatic heterocycles. The Kier molecular flexibility index (Phi) is 5.62. The van der Waals surface area contributed by atoms with E-state index < -0.39 is 0 Å². The van der Waals surface area contributed by atoms with E-state index in [0.29, 0.717) is 18.1 Å². The maximum absolute atomic E-state index is 6.06. The van der Waals surface area contributed by atoms with Crippen LogP contribution in [0, 0.1) is 0 Å². The van der Waals surface area contributed by atoms with Gasteiger partial charge in [0.1, 0.15) is 11.5 Å². The van der Waals surface area contributed by atoms with E-state index in [-0.39, 0.29) is 6.04 Å². The number of benzene rings is 2. The van der Waals surface area contributed by atoms with Crippen molar-refractivity contribution in [1.82, 2.24) is 0 Å². The van der Waals surface area contributed by atoms with Crippen molar-refractivity contribution in [3.63, 3.8) is 0 Å². The van der Waals surface area contributed by atoms with Crippen molar-refractivity contribution in [3.8, 4) is 11.5 Å². The fourth-order valence-corrected chi connectivity index (χ4v) is 2.34. The fraction of sp³-hybridized carbons (Fsp3) is 0.294. The molecular formula is C17H20ClNO2. The van der Waals surface area contributed by atoms with Gasteiger partial charge in [0.25, 0.3) is 0 Å². The molecule has 2 rings (SSSR count). The summed E-state index contributed by atoms with van der Waals surface area (Å²) in [5.41, 5.74) is 7.96. The number of methoxy groups -OCH3 is 1. The molecule has 112 valence electrons. The van der Waals surface area contributed by atoms with Gasteiger partial charge in [0, 0.05) is 18.2 Å². The lowest BCUT2D eigenvalue weighted by molar-refractivity contribution is 0.184. The zero-order valence-corrected chi connectivity index (χ0v) is 13.1. The third-order valence-corrected chi connectivity index (χ3v) is 3.24. The third kappa shape index (κ3) is 4.74. The molecule has 1 unspecified atom stereocenters. The number of hydrogen-bond acceptors (Lipinski definition) is 3. The summed E-state index contributed by atoms with van der Waals surface area (Å²) >= 11 is 6.06. The first-order valence-electron chi connectivity index (χ1n) is 6.88. The summed E-state index contributed by atoms with van der Waals surface area (Å²) in [5.74, 6) is 1.56. The van der Waals surface area contributed by atoms with Crippen molar-refractivity contribution in [2.75, 3.05) is 7.11 Å². The second-order valence-corrected chi connectivity index (χ2v) is 5.55. The van der Waals surface area contributed by atoms with Crippen LogP contribution in [-0.2, 0) is 17.8 Å². The van der Waals surface area contributed by atoms with Gasteiger partial charge in [-0.2, -0.15) is 0 Å². The predicted molar refractivity (Wildman–Crippen MR) is 86.0 cm³/mol. The zero-order chi connectivity index (χ0) is 15.2. The summed E-state index contributed by atoms with van der Waals surface area (Å²) in [6, 6.07) is 13.5. The summed E-state index contributed by atoms with van der Waals surface area (Å²) in [6.07, 6.45) is 0.716. The largest absolute Gasteiger partial charge is 0.457 e. The lowest BCUT2D eigenvalue weighted by Gasteiger charge is -2.14. The highest BCUT2D eigenvalue weighted by molar-refractivity contribution is 6.30. The smallest absolute Gasteiger partial charge is 0.130 e. The molecular weight excluding hydrogens is 286 g/mol. The molecule has 2 aromatic carbocycles. The Labute approximate surface area is 130 Å². The van der Waals surface area contributed by atoms with Crippen LogP contribution < -0.4 is 10.5 Å². The SMILES string of the molecule is COCc1cccc(Oc2ccc(Cl)cc2CC(C)N)c1. The van der Waals surface area contributed by atoms with E-state index in [1.165, 1.54) is 0 Å². The fourth-order valence-electron chi connectivity index (χ4n) is 2.15. The van der Waals surface area contributed by atoms with Crippen LogP contribution in [0.2, 0.25) is 5.02 Å². The van der Waals surface area contributed by atoms with Crippen molar-refractivity contribution in [3.05, 3.63) is 58.6 Å². The molecule has 2 N–H and O–H groups in total. The zero-order valence-electron chi connectivity index (χ0n) is 12.3. The summed E-state index contributed by atoms with van der Waals surface area (Å²) in [4.78, 5) is 0. The molecule has 0 radical (unpaired) electrons. The molecule has 0 aliphatic rings. The van der Waals surface area contributed by atoms with Crippen LogP contribution >= 0.6 is 11.6 Å². The molecule has 0 heterocycles. The van der Waals surface area contributed by atoms with E-state index in [1.54, 1.807) is 7.11 Å².